The third kappa shape index (κ3) is 7.51. The number of amidine groups is 1. The van der Waals surface area contributed by atoms with Crippen LogP contribution in [0.15, 0.2) is 52.5 Å². The molecule has 2 aliphatic rings. The van der Waals surface area contributed by atoms with Crippen molar-refractivity contribution in [3.63, 3.8) is 0 Å². The Morgan fingerprint density at radius 1 is 1.04 bits per heavy atom. The van der Waals surface area contributed by atoms with Gasteiger partial charge in [0.2, 0.25) is 0 Å². The molecule has 1 saturated heterocycles. The Bertz CT molecular complexity index is 1720. The van der Waals surface area contributed by atoms with Crippen LogP contribution in [0, 0.1) is 0 Å². The van der Waals surface area contributed by atoms with Gasteiger partial charge in [0.1, 0.15) is 5.60 Å². The van der Waals surface area contributed by atoms with Crippen molar-refractivity contribution in [2.45, 2.75) is 64.2 Å². The van der Waals surface area contributed by atoms with Gasteiger partial charge in [-0.25, -0.2) is 4.79 Å². The lowest BCUT2D eigenvalue weighted by atomic mass is 10.0. The molecule has 1 aromatic heterocycles. The number of aliphatic imine (C=N–C) groups is 1. The van der Waals surface area contributed by atoms with E-state index in [2.05, 4.69) is 10.1 Å². The maximum atomic E-state index is 13.7. The predicted octanol–water partition coefficient (Wildman–Crippen LogP) is 7.42. The molecule has 0 atom stereocenters. The first kappa shape index (κ1) is 33.4. The van der Waals surface area contributed by atoms with Gasteiger partial charge in [0.05, 0.1) is 34.3 Å². The van der Waals surface area contributed by atoms with Crippen molar-refractivity contribution in [3.05, 3.63) is 69.8 Å². The minimum atomic E-state index is -4.99. The van der Waals surface area contributed by atoms with Crippen LogP contribution in [0.3, 0.4) is 0 Å². The molecule has 0 spiro atoms. The number of rotatable bonds is 4. The predicted molar refractivity (Wildman–Crippen MR) is 162 cm³/mol. The van der Waals surface area contributed by atoms with Crippen LogP contribution < -0.4 is 0 Å². The zero-order valence-corrected chi connectivity index (χ0v) is 26.2. The highest BCUT2D eigenvalue weighted by Gasteiger charge is 2.38. The molecule has 0 radical (unpaired) electrons. The van der Waals surface area contributed by atoms with Gasteiger partial charge in [-0.2, -0.15) is 36.4 Å². The van der Waals surface area contributed by atoms with Crippen molar-refractivity contribution in [1.29, 1.82) is 0 Å². The summed E-state index contributed by atoms with van der Waals surface area (Å²) < 4.78 is 86.9. The average molecular weight is 668 g/mol. The van der Waals surface area contributed by atoms with E-state index in [-0.39, 0.29) is 23.8 Å². The van der Waals surface area contributed by atoms with Crippen LogP contribution in [-0.2, 0) is 28.4 Å². The molecule has 0 N–H and O–H groups in total. The lowest BCUT2D eigenvalue weighted by Crippen LogP contribution is -2.47. The Labute approximate surface area is 265 Å². The Hall–Kier alpha value is -4.01. The van der Waals surface area contributed by atoms with Crippen LogP contribution in [0.2, 0.25) is 0 Å². The standard InChI is InChI=1S/C31H31F6N5O3S/c1-29(2,3)45-28(44)41-11-9-22(10-12-41)40(4)27-39-26(43)25(46-27)14-18-5-8-24-20(13-18)16-38-42(24)17-19-6-7-21(30(32,33)34)15-23(19)31(35,36)37/h5-8,13-16,22H,9-12,17H2,1-4H3. The third-order valence-corrected chi connectivity index (χ3v) is 8.68. The fourth-order valence-corrected chi connectivity index (χ4v) is 6.20. The van der Waals surface area contributed by atoms with Gasteiger partial charge in [0, 0.05) is 31.6 Å². The van der Waals surface area contributed by atoms with Crippen molar-refractivity contribution in [1.82, 2.24) is 19.6 Å². The number of hydrogen-bond acceptors (Lipinski definition) is 6. The molecule has 0 bridgehead atoms. The molecule has 5 rings (SSSR count). The fraction of sp³-hybridized carbons (Fsp3) is 0.419. The molecule has 3 heterocycles. The minimum Gasteiger partial charge on any atom is -0.444 e. The van der Waals surface area contributed by atoms with Crippen molar-refractivity contribution >= 4 is 45.9 Å². The fourth-order valence-electron chi connectivity index (χ4n) is 5.26. The monoisotopic (exact) mass is 667 g/mol. The van der Waals surface area contributed by atoms with Crippen LogP contribution in [-0.4, -0.2) is 68.5 Å². The highest BCUT2D eigenvalue weighted by molar-refractivity contribution is 8.18. The van der Waals surface area contributed by atoms with Crippen LogP contribution >= 0.6 is 11.8 Å². The Morgan fingerprint density at radius 3 is 2.37 bits per heavy atom. The van der Waals surface area contributed by atoms with Crippen molar-refractivity contribution < 1.29 is 40.7 Å². The number of thioether (sulfide) groups is 1. The van der Waals surface area contributed by atoms with E-state index in [0.717, 1.165) is 6.07 Å². The molecule has 2 amide bonds. The quantitative estimate of drug-likeness (QED) is 0.213. The van der Waals surface area contributed by atoms with Gasteiger partial charge in [-0.1, -0.05) is 12.1 Å². The van der Waals surface area contributed by atoms with E-state index in [4.69, 9.17) is 4.74 Å². The summed E-state index contributed by atoms with van der Waals surface area (Å²) in [4.78, 5) is 33.4. The molecule has 15 heteroatoms. The molecule has 3 aromatic rings. The van der Waals surface area contributed by atoms with Crippen molar-refractivity contribution in [2.75, 3.05) is 20.1 Å². The number of piperidine rings is 1. The normalized spacial score (nSPS) is 17.6. The maximum Gasteiger partial charge on any atom is 0.416 e. The summed E-state index contributed by atoms with van der Waals surface area (Å²) >= 11 is 1.22. The number of ether oxygens (including phenoxy) is 1. The number of benzene rings is 2. The smallest absolute Gasteiger partial charge is 0.416 e. The molecule has 246 valence electrons. The lowest BCUT2D eigenvalue weighted by Gasteiger charge is -2.37. The number of amides is 2. The number of hydrogen-bond donors (Lipinski definition) is 0. The van der Waals surface area contributed by atoms with Gasteiger partial charge in [-0.15, -0.1) is 0 Å². The Kier molecular flexibility index (Phi) is 8.92. The minimum absolute atomic E-state index is 0.0711. The first-order valence-electron chi connectivity index (χ1n) is 14.4. The van der Waals surface area contributed by atoms with Gasteiger partial charge in [-0.05, 0) is 86.8 Å². The highest BCUT2D eigenvalue weighted by atomic mass is 32.2. The summed E-state index contributed by atoms with van der Waals surface area (Å²) in [5.74, 6) is -0.407. The summed E-state index contributed by atoms with van der Waals surface area (Å²) in [5.41, 5.74) is -2.59. The molecule has 0 unspecified atom stereocenters. The second-order valence-corrected chi connectivity index (χ2v) is 13.1. The van der Waals surface area contributed by atoms with Crippen LogP contribution in [0.4, 0.5) is 31.1 Å². The highest BCUT2D eigenvalue weighted by Crippen LogP contribution is 2.38. The first-order valence-corrected chi connectivity index (χ1v) is 15.2. The summed E-state index contributed by atoms with van der Waals surface area (Å²) in [6.07, 6.45) is -5.79. The topological polar surface area (TPSA) is 80.0 Å². The molecule has 2 aliphatic heterocycles. The second kappa shape index (κ2) is 12.3. The molecular weight excluding hydrogens is 636 g/mol. The summed E-state index contributed by atoms with van der Waals surface area (Å²) in [6.45, 7) is 6.08. The number of likely N-dealkylation sites (tertiary alicyclic amines) is 1. The number of halogens is 6. The zero-order chi connectivity index (χ0) is 33.6. The molecule has 1 fully saturated rings. The largest absolute Gasteiger partial charge is 0.444 e. The number of carbonyl (C=O) groups excluding carboxylic acids is 2. The van der Waals surface area contributed by atoms with E-state index in [1.54, 1.807) is 29.2 Å². The number of nitrogens with zero attached hydrogens (tertiary/aromatic N) is 5. The molecule has 0 aliphatic carbocycles. The zero-order valence-electron chi connectivity index (χ0n) is 25.4. The van der Waals surface area contributed by atoms with E-state index in [0.29, 0.717) is 58.5 Å². The first-order chi connectivity index (χ1) is 21.4. The van der Waals surface area contributed by atoms with Gasteiger partial charge in [0.15, 0.2) is 5.17 Å². The SMILES string of the molecule is CN(C1=NC(=O)C(=Cc2ccc3c(cnn3Cc3ccc(C(F)(F)F)cc3C(F)(F)F)c2)S1)C1CCN(C(=O)OC(C)(C)C)CC1. The van der Waals surface area contributed by atoms with Crippen LogP contribution in [0.1, 0.15) is 55.9 Å². The van der Waals surface area contributed by atoms with E-state index < -0.39 is 41.5 Å². The van der Waals surface area contributed by atoms with Gasteiger partial charge >= 0.3 is 18.4 Å². The number of alkyl halides is 6. The van der Waals surface area contributed by atoms with Crippen LogP contribution in [0.25, 0.3) is 17.0 Å². The van der Waals surface area contributed by atoms with Gasteiger partial charge < -0.3 is 14.5 Å². The molecular formula is C31H31F6N5O3S. The van der Waals surface area contributed by atoms with E-state index in [1.165, 1.54) is 22.6 Å². The van der Waals surface area contributed by atoms with Gasteiger partial charge in [0.25, 0.3) is 5.91 Å². The van der Waals surface area contributed by atoms with E-state index in [9.17, 15) is 35.9 Å². The molecule has 2 aromatic carbocycles. The maximum absolute atomic E-state index is 13.7. The van der Waals surface area contributed by atoms with Gasteiger partial charge in [-0.3, -0.25) is 9.48 Å². The van der Waals surface area contributed by atoms with Crippen molar-refractivity contribution in [3.8, 4) is 0 Å². The van der Waals surface area contributed by atoms with E-state index in [1.807, 2.05) is 32.7 Å². The second-order valence-electron chi connectivity index (χ2n) is 12.1. The van der Waals surface area contributed by atoms with Crippen molar-refractivity contribution in [2.24, 2.45) is 4.99 Å². The summed E-state index contributed by atoms with van der Waals surface area (Å²) in [7, 11) is 1.86. The Balaban J connectivity index is 1.26. The number of aromatic nitrogens is 2. The Morgan fingerprint density at radius 2 is 1.74 bits per heavy atom. The summed E-state index contributed by atoms with van der Waals surface area (Å²) in [6, 6.07) is 6.64. The lowest BCUT2D eigenvalue weighted by molar-refractivity contribution is -0.143. The van der Waals surface area contributed by atoms with Crippen LogP contribution in [0.5, 0.6) is 0 Å². The molecule has 46 heavy (non-hydrogen) atoms. The number of carbonyl (C=O) groups is 2. The number of fused-ring (bicyclic) bond motifs is 1. The molecule has 8 nitrogen and oxygen atoms in total. The third-order valence-electron chi connectivity index (χ3n) is 7.60. The summed E-state index contributed by atoms with van der Waals surface area (Å²) in [5, 5.41) is 5.28. The van der Waals surface area contributed by atoms with E-state index >= 15 is 0 Å². The molecule has 0 saturated carbocycles. The average Bonchev–Trinajstić information content (AvgIpc) is 3.53.